The van der Waals surface area contributed by atoms with Crippen LogP contribution in [0.3, 0.4) is 0 Å². The number of nitrogens with one attached hydrogen (secondary N) is 1. The van der Waals surface area contributed by atoms with Crippen LogP contribution < -0.4 is 5.69 Å². The molecule has 0 unspecified atom stereocenters. The predicted molar refractivity (Wildman–Crippen MR) is 48.1 cm³/mol. The minimum atomic E-state index is -0.414. The second-order valence-corrected chi connectivity index (χ2v) is 2.84. The lowest BCUT2D eigenvalue weighted by Crippen LogP contribution is -2.15. The summed E-state index contributed by atoms with van der Waals surface area (Å²) >= 11 is 0. The lowest BCUT2D eigenvalue weighted by atomic mass is 10.3. The molecule has 0 atom stereocenters. The molecule has 0 radical (unpaired) electrons. The number of aromatic nitrogens is 2. The molecule has 0 fully saturated rings. The highest BCUT2D eigenvalue weighted by molar-refractivity contribution is 5.75. The summed E-state index contributed by atoms with van der Waals surface area (Å²) in [5.41, 5.74) is 0.551. The van der Waals surface area contributed by atoms with Gasteiger partial charge in [0, 0.05) is 0 Å². The van der Waals surface area contributed by atoms with E-state index in [1.165, 1.54) is 22.8 Å². The molecule has 2 rings (SSSR count). The molecule has 0 saturated carbocycles. The van der Waals surface area contributed by atoms with Gasteiger partial charge in [-0.2, -0.15) is 5.26 Å². The van der Waals surface area contributed by atoms with Crippen LogP contribution >= 0.6 is 0 Å². The smallest absolute Gasteiger partial charge is 0.305 e. The highest BCUT2D eigenvalue weighted by Crippen LogP contribution is 2.11. The van der Waals surface area contributed by atoms with Gasteiger partial charge in [-0.15, -0.1) is 0 Å². The summed E-state index contributed by atoms with van der Waals surface area (Å²) in [4.78, 5) is 13.7. The largest absolute Gasteiger partial charge is 0.327 e. The number of aromatic amines is 1. The van der Waals surface area contributed by atoms with Gasteiger partial charge >= 0.3 is 5.69 Å². The highest BCUT2D eigenvalue weighted by atomic mass is 19.1. The molecule has 14 heavy (non-hydrogen) atoms. The van der Waals surface area contributed by atoms with Crippen molar-refractivity contribution in [3.63, 3.8) is 0 Å². The van der Waals surface area contributed by atoms with Gasteiger partial charge in [-0.25, -0.2) is 9.18 Å². The lowest BCUT2D eigenvalue weighted by Gasteiger charge is -1.94. The van der Waals surface area contributed by atoms with Crippen LogP contribution in [0.5, 0.6) is 0 Å². The van der Waals surface area contributed by atoms with Gasteiger partial charge in [0.15, 0.2) is 0 Å². The highest BCUT2D eigenvalue weighted by Gasteiger charge is 2.05. The maximum Gasteiger partial charge on any atom is 0.327 e. The number of rotatable bonds is 1. The first-order valence-corrected chi connectivity index (χ1v) is 3.97. The van der Waals surface area contributed by atoms with E-state index in [0.717, 1.165) is 0 Å². The van der Waals surface area contributed by atoms with Gasteiger partial charge in [-0.05, 0) is 18.2 Å². The predicted octanol–water partition coefficient (Wildman–Crippen LogP) is 0.992. The van der Waals surface area contributed by atoms with Crippen molar-refractivity contribution in [1.29, 1.82) is 5.26 Å². The summed E-state index contributed by atoms with van der Waals surface area (Å²) in [6.45, 7) is -0.0372. The Kier molecular flexibility index (Phi) is 1.82. The third-order valence-electron chi connectivity index (χ3n) is 1.96. The number of imidazole rings is 1. The third kappa shape index (κ3) is 1.17. The number of nitrogens with zero attached hydrogens (tertiary/aromatic N) is 2. The Morgan fingerprint density at radius 1 is 1.57 bits per heavy atom. The standard InChI is InChI=1S/C9H6FN3O/c10-6-1-2-8-7(5-6)12-9(14)13(8)4-3-11/h1-2,5H,4H2,(H,12,14). The fourth-order valence-electron chi connectivity index (χ4n) is 1.36. The molecule has 0 aliphatic carbocycles. The molecular formula is C9H6FN3O. The van der Waals surface area contributed by atoms with E-state index in [-0.39, 0.29) is 6.54 Å². The Labute approximate surface area is 78.2 Å². The molecular weight excluding hydrogens is 185 g/mol. The molecule has 5 heteroatoms. The molecule has 2 aromatic rings. The Bertz CT molecular complexity index is 576. The van der Waals surface area contributed by atoms with E-state index < -0.39 is 11.5 Å². The molecule has 0 spiro atoms. The number of nitriles is 1. The van der Waals surface area contributed by atoms with Crippen LogP contribution in [0.25, 0.3) is 11.0 Å². The van der Waals surface area contributed by atoms with E-state index in [4.69, 9.17) is 5.26 Å². The van der Waals surface area contributed by atoms with Crippen molar-refractivity contribution in [2.45, 2.75) is 6.54 Å². The van der Waals surface area contributed by atoms with Gasteiger partial charge in [0.2, 0.25) is 0 Å². The minimum Gasteiger partial charge on any atom is -0.305 e. The second kappa shape index (κ2) is 3.00. The Morgan fingerprint density at radius 3 is 3.07 bits per heavy atom. The Hall–Kier alpha value is -2.09. The molecule has 0 saturated heterocycles. The van der Waals surface area contributed by atoms with E-state index in [1.807, 2.05) is 6.07 Å². The molecule has 0 aliphatic rings. The Morgan fingerprint density at radius 2 is 2.36 bits per heavy atom. The van der Waals surface area contributed by atoms with Gasteiger partial charge in [-0.3, -0.25) is 4.57 Å². The quantitative estimate of drug-likeness (QED) is 0.730. The molecule has 1 heterocycles. The fourth-order valence-corrected chi connectivity index (χ4v) is 1.36. The van der Waals surface area contributed by atoms with E-state index in [0.29, 0.717) is 11.0 Å². The van der Waals surface area contributed by atoms with Gasteiger partial charge in [-0.1, -0.05) is 0 Å². The number of fused-ring (bicyclic) bond motifs is 1. The maximum atomic E-state index is 12.8. The van der Waals surface area contributed by atoms with Crippen molar-refractivity contribution in [3.05, 3.63) is 34.5 Å². The zero-order chi connectivity index (χ0) is 10.1. The summed E-state index contributed by atoms with van der Waals surface area (Å²) in [5, 5.41) is 8.48. The van der Waals surface area contributed by atoms with Crippen molar-refractivity contribution in [1.82, 2.24) is 9.55 Å². The first kappa shape index (κ1) is 8.51. The number of hydrogen-bond donors (Lipinski definition) is 1. The zero-order valence-electron chi connectivity index (χ0n) is 7.12. The van der Waals surface area contributed by atoms with Crippen molar-refractivity contribution in [2.24, 2.45) is 0 Å². The van der Waals surface area contributed by atoms with Crippen LogP contribution in [-0.2, 0) is 6.54 Å². The normalized spacial score (nSPS) is 10.3. The average Bonchev–Trinajstić information content (AvgIpc) is 2.43. The van der Waals surface area contributed by atoms with Crippen LogP contribution in [0, 0.1) is 17.1 Å². The number of halogens is 1. The monoisotopic (exact) mass is 191 g/mol. The number of benzene rings is 1. The summed E-state index contributed by atoms with van der Waals surface area (Å²) in [6.07, 6.45) is 0. The van der Waals surface area contributed by atoms with Crippen molar-refractivity contribution >= 4 is 11.0 Å². The summed E-state index contributed by atoms with van der Waals surface area (Å²) in [7, 11) is 0. The van der Waals surface area contributed by atoms with Crippen LogP contribution in [0.4, 0.5) is 4.39 Å². The molecule has 4 nitrogen and oxygen atoms in total. The fraction of sp³-hybridized carbons (Fsp3) is 0.111. The molecule has 1 aromatic carbocycles. The topological polar surface area (TPSA) is 61.6 Å². The SMILES string of the molecule is N#CCn1c(=O)[nH]c2cc(F)ccc21. The first-order chi connectivity index (χ1) is 6.72. The molecule has 1 N–H and O–H groups in total. The molecule has 0 bridgehead atoms. The van der Waals surface area contributed by atoms with Crippen molar-refractivity contribution in [2.75, 3.05) is 0 Å². The number of hydrogen-bond acceptors (Lipinski definition) is 2. The summed E-state index contributed by atoms with van der Waals surface area (Å²) in [6, 6.07) is 5.82. The first-order valence-electron chi connectivity index (χ1n) is 3.97. The molecule has 70 valence electrons. The molecule has 0 aliphatic heterocycles. The van der Waals surface area contributed by atoms with E-state index in [2.05, 4.69) is 4.98 Å². The maximum absolute atomic E-state index is 12.8. The van der Waals surface area contributed by atoms with Crippen LogP contribution in [-0.4, -0.2) is 9.55 Å². The molecule has 1 aromatic heterocycles. The van der Waals surface area contributed by atoms with E-state index in [9.17, 15) is 9.18 Å². The van der Waals surface area contributed by atoms with Crippen LogP contribution in [0.15, 0.2) is 23.0 Å². The van der Waals surface area contributed by atoms with Gasteiger partial charge in [0.05, 0.1) is 17.1 Å². The van der Waals surface area contributed by atoms with Gasteiger partial charge < -0.3 is 4.98 Å². The van der Waals surface area contributed by atoms with Crippen LogP contribution in [0.2, 0.25) is 0 Å². The van der Waals surface area contributed by atoms with E-state index in [1.54, 1.807) is 0 Å². The third-order valence-corrected chi connectivity index (χ3v) is 1.96. The van der Waals surface area contributed by atoms with E-state index >= 15 is 0 Å². The van der Waals surface area contributed by atoms with Gasteiger partial charge in [0.25, 0.3) is 0 Å². The average molecular weight is 191 g/mol. The van der Waals surface area contributed by atoms with Crippen LogP contribution in [0.1, 0.15) is 0 Å². The number of H-pyrrole nitrogens is 1. The minimum absolute atomic E-state index is 0.0372. The summed E-state index contributed by atoms with van der Waals surface area (Å²) in [5.74, 6) is -0.414. The van der Waals surface area contributed by atoms with Crippen molar-refractivity contribution in [3.8, 4) is 6.07 Å². The lowest BCUT2D eigenvalue weighted by molar-refractivity contribution is 0.629. The summed E-state index contributed by atoms with van der Waals surface area (Å²) < 4.78 is 14.0. The van der Waals surface area contributed by atoms with Gasteiger partial charge in [0.1, 0.15) is 12.4 Å². The Balaban J connectivity index is 2.79. The van der Waals surface area contributed by atoms with Crippen molar-refractivity contribution < 1.29 is 4.39 Å². The second-order valence-electron chi connectivity index (χ2n) is 2.84. The molecule has 0 amide bonds. The zero-order valence-corrected chi connectivity index (χ0v) is 7.12.